The van der Waals surface area contributed by atoms with Gasteiger partial charge in [0.2, 0.25) is 0 Å². The number of hydrogen-bond donors (Lipinski definition) is 1. The molecule has 2 heterocycles. The maximum atomic E-state index is 6.17. The summed E-state index contributed by atoms with van der Waals surface area (Å²) < 4.78 is 5.90. The second-order valence-corrected chi connectivity index (χ2v) is 6.25. The van der Waals surface area contributed by atoms with Crippen LogP contribution >= 0.6 is 11.6 Å². The fourth-order valence-electron chi connectivity index (χ4n) is 3.16. The second kappa shape index (κ2) is 5.31. The minimum absolute atomic E-state index is 0.165. The van der Waals surface area contributed by atoms with Crippen molar-refractivity contribution in [3.8, 4) is 0 Å². The van der Waals surface area contributed by atoms with Crippen LogP contribution < -0.4 is 10.6 Å². The van der Waals surface area contributed by atoms with Crippen molar-refractivity contribution >= 4 is 17.3 Å². The van der Waals surface area contributed by atoms with E-state index >= 15 is 0 Å². The van der Waals surface area contributed by atoms with Crippen LogP contribution in [0.3, 0.4) is 0 Å². The van der Waals surface area contributed by atoms with Gasteiger partial charge in [-0.15, -0.1) is 0 Å². The molecule has 0 saturated carbocycles. The van der Waals surface area contributed by atoms with Crippen molar-refractivity contribution in [3.63, 3.8) is 0 Å². The Morgan fingerprint density at radius 2 is 2.05 bits per heavy atom. The Balaban J connectivity index is 1.87. The van der Waals surface area contributed by atoms with Gasteiger partial charge in [0, 0.05) is 29.8 Å². The fraction of sp³-hybridized carbons (Fsp3) is 0.600. The first-order valence-electron chi connectivity index (χ1n) is 7.06. The molecular formula is C15H21ClN2O. The van der Waals surface area contributed by atoms with Gasteiger partial charge in [-0.3, -0.25) is 0 Å². The van der Waals surface area contributed by atoms with Crippen molar-refractivity contribution < 1.29 is 4.74 Å². The van der Waals surface area contributed by atoms with E-state index in [2.05, 4.69) is 17.0 Å². The Hall–Kier alpha value is -0.770. The van der Waals surface area contributed by atoms with Crippen LogP contribution in [0.4, 0.5) is 5.69 Å². The Bertz CT molecular complexity index is 451. The normalized spacial score (nSPS) is 27.6. The number of anilines is 1. The van der Waals surface area contributed by atoms with E-state index in [1.807, 2.05) is 13.0 Å². The lowest BCUT2D eigenvalue weighted by Crippen LogP contribution is -2.43. The molecule has 1 aromatic carbocycles. The Morgan fingerprint density at radius 3 is 2.68 bits per heavy atom. The van der Waals surface area contributed by atoms with Crippen molar-refractivity contribution in [1.29, 1.82) is 0 Å². The highest BCUT2D eigenvalue weighted by Crippen LogP contribution is 2.33. The lowest BCUT2D eigenvalue weighted by molar-refractivity contribution is 0.0304. The third-order valence-electron chi connectivity index (χ3n) is 3.97. The molecule has 2 saturated heterocycles. The summed E-state index contributed by atoms with van der Waals surface area (Å²) in [6, 6.07) is 6.30. The first-order valence-corrected chi connectivity index (χ1v) is 7.44. The topological polar surface area (TPSA) is 38.5 Å². The third kappa shape index (κ3) is 2.88. The maximum Gasteiger partial charge on any atom is 0.0755 e. The van der Waals surface area contributed by atoms with E-state index in [0.29, 0.717) is 12.2 Å². The van der Waals surface area contributed by atoms with Gasteiger partial charge >= 0.3 is 0 Å². The van der Waals surface area contributed by atoms with E-state index in [9.17, 15) is 0 Å². The number of morpholine rings is 1. The van der Waals surface area contributed by atoms with Crippen molar-refractivity contribution in [3.05, 3.63) is 28.8 Å². The molecule has 2 bridgehead atoms. The molecule has 3 atom stereocenters. The molecule has 3 unspecified atom stereocenters. The molecule has 0 radical (unpaired) electrons. The number of nitrogens with two attached hydrogens (primary N) is 1. The van der Waals surface area contributed by atoms with Crippen LogP contribution in [0.25, 0.3) is 0 Å². The molecule has 0 aromatic heterocycles. The van der Waals surface area contributed by atoms with Gasteiger partial charge in [-0.2, -0.15) is 0 Å². The van der Waals surface area contributed by atoms with Gasteiger partial charge in [0.25, 0.3) is 0 Å². The van der Waals surface area contributed by atoms with Crippen LogP contribution in [0.15, 0.2) is 18.2 Å². The van der Waals surface area contributed by atoms with E-state index in [-0.39, 0.29) is 6.04 Å². The average Bonchev–Trinajstić information content (AvgIpc) is 2.70. The van der Waals surface area contributed by atoms with E-state index < -0.39 is 0 Å². The third-order valence-corrected chi connectivity index (χ3v) is 4.21. The Morgan fingerprint density at radius 1 is 1.37 bits per heavy atom. The minimum Gasteiger partial charge on any atom is -0.371 e. The maximum absolute atomic E-state index is 6.17. The van der Waals surface area contributed by atoms with E-state index in [1.165, 1.54) is 24.1 Å². The van der Waals surface area contributed by atoms with Crippen molar-refractivity contribution in [2.24, 2.45) is 5.73 Å². The van der Waals surface area contributed by atoms with Crippen LogP contribution in [0.2, 0.25) is 5.02 Å². The molecule has 0 amide bonds. The van der Waals surface area contributed by atoms with E-state index in [4.69, 9.17) is 22.1 Å². The summed E-state index contributed by atoms with van der Waals surface area (Å²) >= 11 is 6.17. The summed E-state index contributed by atoms with van der Waals surface area (Å²) in [7, 11) is 0. The van der Waals surface area contributed by atoms with Gasteiger partial charge in [-0.25, -0.2) is 0 Å². The molecule has 3 nitrogen and oxygen atoms in total. The van der Waals surface area contributed by atoms with Crippen LogP contribution in [-0.4, -0.2) is 31.3 Å². The van der Waals surface area contributed by atoms with Gasteiger partial charge in [-0.05, 0) is 43.9 Å². The largest absolute Gasteiger partial charge is 0.371 e. The Labute approximate surface area is 119 Å². The predicted octanol–water partition coefficient (Wildman–Crippen LogP) is 2.60. The smallest absolute Gasteiger partial charge is 0.0755 e. The Kier molecular flexibility index (Phi) is 3.70. The lowest BCUT2D eigenvalue weighted by atomic mass is 10.0. The molecular weight excluding hydrogens is 260 g/mol. The minimum atomic E-state index is 0.165. The van der Waals surface area contributed by atoms with Crippen molar-refractivity contribution in [1.82, 2.24) is 0 Å². The highest BCUT2D eigenvalue weighted by atomic mass is 35.5. The first-order chi connectivity index (χ1) is 9.11. The van der Waals surface area contributed by atoms with Gasteiger partial charge in [0.05, 0.1) is 12.2 Å². The summed E-state index contributed by atoms with van der Waals surface area (Å²) in [5.41, 5.74) is 8.48. The number of ether oxygens (including phenoxy) is 1. The number of fused-ring (bicyclic) bond motifs is 2. The zero-order valence-electron chi connectivity index (χ0n) is 11.3. The molecule has 0 spiro atoms. The molecule has 1 aromatic rings. The molecule has 2 aliphatic heterocycles. The summed E-state index contributed by atoms with van der Waals surface area (Å²) in [4.78, 5) is 2.43. The van der Waals surface area contributed by atoms with Crippen molar-refractivity contribution in [2.75, 3.05) is 18.0 Å². The van der Waals surface area contributed by atoms with E-state index in [0.717, 1.165) is 24.5 Å². The molecule has 104 valence electrons. The summed E-state index contributed by atoms with van der Waals surface area (Å²) in [6.45, 7) is 3.99. The van der Waals surface area contributed by atoms with Gasteiger partial charge in [0.15, 0.2) is 0 Å². The quantitative estimate of drug-likeness (QED) is 0.925. The standard InChI is InChI=1S/C15H21ClN2O/c1-10(17)6-11-2-3-12(16)7-15(11)18-8-13-4-5-14(9-18)19-13/h2-3,7,10,13-14H,4-6,8-9,17H2,1H3. The molecule has 0 aliphatic carbocycles. The molecule has 2 fully saturated rings. The monoisotopic (exact) mass is 280 g/mol. The SMILES string of the molecule is CC(N)Cc1ccc(Cl)cc1N1CC2CCC(C1)O2. The first kappa shape index (κ1) is 13.2. The van der Waals surface area contributed by atoms with Crippen LogP contribution in [0.5, 0.6) is 0 Å². The highest BCUT2D eigenvalue weighted by Gasteiger charge is 2.34. The molecule has 3 rings (SSSR count). The lowest BCUT2D eigenvalue weighted by Gasteiger charge is -2.35. The fourth-order valence-corrected chi connectivity index (χ4v) is 3.33. The molecule has 4 heteroatoms. The molecule has 2 aliphatic rings. The number of halogens is 1. The van der Waals surface area contributed by atoms with Gasteiger partial charge in [-0.1, -0.05) is 17.7 Å². The van der Waals surface area contributed by atoms with Crippen LogP contribution in [0.1, 0.15) is 25.3 Å². The number of rotatable bonds is 3. The second-order valence-electron chi connectivity index (χ2n) is 5.82. The average molecular weight is 281 g/mol. The molecule has 2 N–H and O–H groups in total. The van der Waals surface area contributed by atoms with Crippen LogP contribution in [0, 0.1) is 0 Å². The van der Waals surface area contributed by atoms with Gasteiger partial charge < -0.3 is 15.4 Å². The van der Waals surface area contributed by atoms with E-state index in [1.54, 1.807) is 0 Å². The number of nitrogens with zero attached hydrogens (tertiary/aromatic N) is 1. The summed E-state index contributed by atoms with van der Waals surface area (Å²) in [6.07, 6.45) is 4.04. The highest BCUT2D eigenvalue weighted by molar-refractivity contribution is 6.30. The zero-order chi connectivity index (χ0) is 13.4. The zero-order valence-corrected chi connectivity index (χ0v) is 12.1. The van der Waals surface area contributed by atoms with Gasteiger partial charge in [0.1, 0.15) is 0 Å². The number of hydrogen-bond acceptors (Lipinski definition) is 3. The molecule has 19 heavy (non-hydrogen) atoms. The summed E-state index contributed by atoms with van der Waals surface area (Å²) in [5, 5.41) is 0.794. The number of benzene rings is 1. The summed E-state index contributed by atoms with van der Waals surface area (Å²) in [5.74, 6) is 0. The van der Waals surface area contributed by atoms with Crippen molar-refractivity contribution in [2.45, 2.75) is 44.4 Å². The predicted molar refractivity (Wildman–Crippen MR) is 78.9 cm³/mol. The van der Waals surface area contributed by atoms with Crippen LogP contribution in [-0.2, 0) is 11.2 Å².